The number of halogens is 1. The lowest BCUT2D eigenvalue weighted by molar-refractivity contribution is -0.128. The van der Waals surface area contributed by atoms with Crippen LogP contribution in [0.5, 0.6) is 0 Å². The number of hydrogen-bond donors (Lipinski definition) is 2. The number of nitrogens with zero attached hydrogens (tertiary/aromatic N) is 1. The third-order valence-corrected chi connectivity index (χ3v) is 4.66. The molecule has 1 aromatic heterocycles. The standard InChI is InChI=1S/C18H17ClN2O5/c1-21-15(22)8-13(16(21)10-3-2-4-11(19)7-10)17(23)20-9-12-5-6-14(26-12)18(24)25/h2-7,13,16H,8-9H2,1H3,(H,20,23)(H,24,25). The molecule has 26 heavy (non-hydrogen) atoms. The van der Waals surface area contributed by atoms with E-state index in [9.17, 15) is 14.4 Å². The molecule has 0 aliphatic carbocycles. The first-order chi connectivity index (χ1) is 12.4. The van der Waals surface area contributed by atoms with Crippen molar-refractivity contribution in [3.05, 3.63) is 58.5 Å². The monoisotopic (exact) mass is 376 g/mol. The van der Waals surface area contributed by atoms with Gasteiger partial charge < -0.3 is 19.7 Å². The van der Waals surface area contributed by atoms with Crippen molar-refractivity contribution in [3.8, 4) is 0 Å². The molecule has 1 fully saturated rings. The van der Waals surface area contributed by atoms with Crippen LogP contribution in [0.2, 0.25) is 5.02 Å². The van der Waals surface area contributed by atoms with E-state index in [0.717, 1.165) is 5.56 Å². The fraction of sp³-hybridized carbons (Fsp3) is 0.278. The van der Waals surface area contributed by atoms with Crippen LogP contribution in [0, 0.1) is 5.92 Å². The van der Waals surface area contributed by atoms with Crippen molar-refractivity contribution in [2.45, 2.75) is 19.0 Å². The van der Waals surface area contributed by atoms with Crippen molar-refractivity contribution >= 4 is 29.4 Å². The summed E-state index contributed by atoms with van der Waals surface area (Å²) in [6, 6.07) is 9.49. The number of furan rings is 1. The molecule has 2 unspecified atom stereocenters. The molecule has 136 valence electrons. The zero-order valence-electron chi connectivity index (χ0n) is 13.9. The van der Waals surface area contributed by atoms with Gasteiger partial charge in [0.05, 0.1) is 18.5 Å². The molecule has 2 heterocycles. The maximum atomic E-state index is 12.6. The van der Waals surface area contributed by atoms with Crippen molar-refractivity contribution in [2.75, 3.05) is 7.05 Å². The van der Waals surface area contributed by atoms with Gasteiger partial charge in [0.15, 0.2) is 0 Å². The lowest BCUT2D eigenvalue weighted by Crippen LogP contribution is -2.34. The van der Waals surface area contributed by atoms with Crippen LogP contribution in [-0.4, -0.2) is 34.8 Å². The van der Waals surface area contributed by atoms with E-state index in [2.05, 4.69) is 5.32 Å². The number of rotatable bonds is 5. The van der Waals surface area contributed by atoms with Gasteiger partial charge in [-0.1, -0.05) is 23.7 Å². The summed E-state index contributed by atoms with van der Waals surface area (Å²) in [5.41, 5.74) is 0.789. The maximum absolute atomic E-state index is 12.6. The first-order valence-corrected chi connectivity index (χ1v) is 8.35. The molecule has 7 nitrogen and oxygen atoms in total. The first kappa shape index (κ1) is 18.0. The van der Waals surface area contributed by atoms with Crippen LogP contribution < -0.4 is 5.32 Å². The smallest absolute Gasteiger partial charge is 0.371 e. The van der Waals surface area contributed by atoms with E-state index in [0.29, 0.717) is 10.8 Å². The van der Waals surface area contributed by atoms with Crippen molar-refractivity contribution in [1.82, 2.24) is 10.2 Å². The topological polar surface area (TPSA) is 99.9 Å². The quantitative estimate of drug-likeness (QED) is 0.835. The molecular formula is C18H17ClN2O5. The lowest BCUT2D eigenvalue weighted by Gasteiger charge is -2.25. The summed E-state index contributed by atoms with van der Waals surface area (Å²) in [5, 5.41) is 12.1. The predicted molar refractivity (Wildman–Crippen MR) is 92.6 cm³/mol. The van der Waals surface area contributed by atoms with E-state index in [1.54, 1.807) is 30.1 Å². The average Bonchev–Trinajstić information content (AvgIpc) is 3.18. The molecule has 3 rings (SSSR count). The van der Waals surface area contributed by atoms with Crippen LogP contribution >= 0.6 is 11.6 Å². The molecule has 1 aromatic carbocycles. The molecule has 0 radical (unpaired) electrons. The van der Waals surface area contributed by atoms with Gasteiger partial charge in [-0.3, -0.25) is 9.59 Å². The van der Waals surface area contributed by atoms with Crippen LogP contribution in [0.1, 0.15) is 34.3 Å². The predicted octanol–water partition coefficient (Wildman–Crippen LogP) is 2.47. The average molecular weight is 377 g/mol. The van der Waals surface area contributed by atoms with Crippen molar-refractivity contribution in [2.24, 2.45) is 5.92 Å². The van der Waals surface area contributed by atoms with E-state index in [4.69, 9.17) is 21.1 Å². The SMILES string of the molecule is CN1C(=O)CC(C(=O)NCc2ccc(C(=O)O)o2)C1c1cccc(Cl)c1. The summed E-state index contributed by atoms with van der Waals surface area (Å²) in [5.74, 6) is -2.04. The van der Waals surface area contributed by atoms with Gasteiger partial charge in [0.2, 0.25) is 17.6 Å². The summed E-state index contributed by atoms with van der Waals surface area (Å²) in [4.78, 5) is 37.2. The minimum Gasteiger partial charge on any atom is -0.475 e. The number of nitrogens with one attached hydrogen (secondary N) is 1. The highest BCUT2D eigenvalue weighted by atomic mass is 35.5. The van der Waals surface area contributed by atoms with E-state index in [1.807, 2.05) is 6.07 Å². The van der Waals surface area contributed by atoms with Crippen molar-refractivity contribution < 1.29 is 23.9 Å². The minimum absolute atomic E-state index is 0.0444. The molecule has 8 heteroatoms. The van der Waals surface area contributed by atoms with Gasteiger partial charge in [-0.25, -0.2) is 4.79 Å². The number of carboxylic acid groups (broad SMARTS) is 1. The Bertz CT molecular complexity index is 863. The second-order valence-corrected chi connectivity index (χ2v) is 6.54. The number of amides is 2. The number of benzene rings is 1. The van der Waals surface area contributed by atoms with E-state index in [-0.39, 0.29) is 30.5 Å². The highest BCUT2D eigenvalue weighted by molar-refractivity contribution is 6.30. The molecule has 2 N–H and O–H groups in total. The van der Waals surface area contributed by atoms with Crippen molar-refractivity contribution in [3.63, 3.8) is 0 Å². The van der Waals surface area contributed by atoms with Crippen LogP contribution in [-0.2, 0) is 16.1 Å². The molecule has 1 saturated heterocycles. The second kappa shape index (κ2) is 7.21. The zero-order chi connectivity index (χ0) is 18.8. The van der Waals surface area contributed by atoms with Gasteiger partial charge in [0.1, 0.15) is 5.76 Å². The zero-order valence-corrected chi connectivity index (χ0v) is 14.7. The summed E-state index contributed by atoms with van der Waals surface area (Å²) in [6.45, 7) is 0.0444. The Balaban J connectivity index is 1.73. The van der Waals surface area contributed by atoms with Crippen LogP contribution in [0.25, 0.3) is 0 Å². The van der Waals surface area contributed by atoms with E-state index >= 15 is 0 Å². The Morgan fingerprint density at radius 3 is 2.77 bits per heavy atom. The third kappa shape index (κ3) is 3.57. The van der Waals surface area contributed by atoms with E-state index < -0.39 is 17.9 Å². The van der Waals surface area contributed by atoms with Crippen LogP contribution in [0.15, 0.2) is 40.8 Å². The number of carboxylic acids is 1. The number of likely N-dealkylation sites (tertiary alicyclic amines) is 1. The minimum atomic E-state index is -1.17. The molecule has 2 atom stereocenters. The highest BCUT2D eigenvalue weighted by Crippen LogP contribution is 2.37. The molecule has 0 bridgehead atoms. The van der Waals surface area contributed by atoms with Crippen molar-refractivity contribution in [1.29, 1.82) is 0 Å². The normalized spacial score (nSPS) is 19.6. The summed E-state index contributed by atoms with van der Waals surface area (Å²) >= 11 is 6.04. The maximum Gasteiger partial charge on any atom is 0.371 e. The number of carbonyl (C=O) groups excluding carboxylic acids is 2. The van der Waals surface area contributed by atoms with Crippen LogP contribution in [0.4, 0.5) is 0 Å². The fourth-order valence-electron chi connectivity index (χ4n) is 3.14. The number of carbonyl (C=O) groups is 3. The van der Waals surface area contributed by atoms with Gasteiger partial charge in [-0.2, -0.15) is 0 Å². The van der Waals surface area contributed by atoms with Crippen LogP contribution in [0.3, 0.4) is 0 Å². The van der Waals surface area contributed by atoms with Gasteiger partial charge >= 0.3 is 5.97 Å². The third-order valence-electron chi connectivity index (χ3n) is 4.42. The van der Waals surface area contributed by atoms with Gasteiger partial charge in [0.25, 0.3) is 0 Å². The molecular weight excluding hydrogens is 360 g/mol. The largest absolute Gasteiger partial charge is 0.475 e. The fourth-order valence-corrected chi connectivity index (χ4v) is 3.34. The number of aromatic carboxylic acids is 1. The molecule has 0 saturated carbocycles. The lowest BCUT2D eigenvalue weighted by atomic mass is 9.93. The number of hydrogen-bond acceptors (Lipinski definition) is 4. The Hall–Kier alpha value is -2.80. The Morgan fingerprint density at radius 1 is 1.35 bits per heavy atom. The van der Waals surface area contributed by atoms with E-state index in [1.165, 1.54) is 12.1 Å². The molecule has 1 aliphatic rings. The summed E-state index contributed by atoms with van der Waals surface area (Å²) in [7, 11) is 1.66. The molecule has 2 amide bonds. The highest BCUT2D eigenvalue weighted by Gasteiger charge is 2.42. The molecule has 2 aromatic rings. The van der Waals surface area contributed by atoms with Gasteiger partial charge in [0, 0.05) is 18.5 Å². The Morgan fingerprint density at radius 2 is 2.12 bits per heavy atom. The van der Waals surface area contributed by atoms with Gasteiger partial charge in [-0.15, -0.1) is 0 Å². The summed E-state index contributed by atoms with van der Waals surface area (Å²) < 4.78 is 5.12. The molecule has 0 spiro atoms. The molecule has 1 aliphatic heterocycles. The first-order valence-electron chi connectivity index (χ1n) is 7.97. The Labute approximate surface area is 154 Å². The van der Waals surface area contributed by atoms with Gasteiger partial charge in [-0.05, 0) is 29.8 Å². The summed E-state index contributed by atoms with van der Waals surface area (Å²) in [6.07, 6.45) is 0.0953. The Kier molecular flexibility index (Phi) is 4.99. The second-order valence-electron chi connectivity index (χ2n) is 6.10.